The highest BCUT2D eigenvalue weighted by molar-refractivity contribution is 5.98. The molecule has 5 nitrogen and oxygen atoms in total. The lowest BCUT2D eigenvalue weighted by atomic mass is 10.0. The van der Waals surface area contributed by atoms with Gasteiger partial charge in [-0.25, -0.2) is 0 Å². The molecular formula is C17H20N2O3. The number of carbonyl (C=O) groups excluding carboxylic acids is 1. The molecule has 0 aliphatic carbocycles. The summed E-state index contributed by atoms with van der Waals surface area (Å²) in [5.74, 6) is -0.378. The largest absolute Gasteiger partial charge is 0.351 e. The molecule has 2 saturated heterocycles. The molecule has 0 radical (unpaired) electrons. The van der Waals surface area contributed by atoms with Crippen LogP contribution in [0.25, 0.3) is 10.9 Å². The van der Waals surface area contributed by atoms with Gasteiger partial charge in [-0.2, -0.15) is 0 Å². The molecule has 0 bridgehead atoms. The number of piperidine rings is 1. The predicted octanol–water partition coefficient (Wildman–Crippen LogP) is 2.46. The zero-order valence-electron chi connectivity index (χ0n) is 12.7. The molecule has 0 saturated carbocycles. The van der Waals surface area contributed by atoms with Crippen molar-refractivity contribution in [2.45, 2.75) is 25.6 Å². The van der Waals surface area contributed by atoms with Gasteiger partial charge in [0.1, 0.15) is 5.69 Å². The van der Waals surface area contributed by atoms with E-state index < -0.39 is 5.79 Å². The van der Waals surface area contributed by atoms with Crippen LogP contribution < -0.4 is 0 Å². The van der Waals surface area contributed by atoms with E-state index in [-0.39, 0.29) is 5.91 Å². The summed E-state index contributed by atoms with van der Waals surface area (Å²) in [7, 11) is 0. The van der Waals surface area contributed by atoms with Crippen LogP contribution in [0.5, 0.6) is 0 Å². The standard InChI is InChI=1S/C17H20N2O3/c1-12-3-2-4-14-13(12)11-15(18-14)16(20)19-7-5-17(6-8-19)21-9-10-22-17/h2-4,11,18H,5-10H2,1H3. The summed E-state index contributed by atoms with van der Waals surface area (Å²) in [5.41, 5.74) is 2.85. The van der Waals surface area contributed by atoms with Crippen molar-refractivity contribution in [2.24, 2.45) is 0 Å². The number of likely N-dealkylation sites (tertiary alicyclic amines) is 1. The van der Waals surface area contributed by atoms with Crippen molar-refractivity contribution >= 4 is 16.8 Å². The van der Waals surface area contributed by atoms with Crippen LogP contribution in [0, 0.1) is 6.92 Å². The number of rotatable bonds is 1. The second-order valence-electron chi connectivity index (χ2n) is 6.12. The number of ether oxygens (including phenoxy) is 2. The van der Waals surface area contributed by atoms with Gasteiger partial charge in [0, 0.05) is 36.8 Å². The van der Waals surface area contributed by atoms with E-state index in [4.69, 9.17) is 9.47 Å². The molecule has 1 spiro atoms. The van der Waals surface area contributed by atoms with E-state index >= 15 is 0 Å². The molecule has 2 aliphatic rings. The fourth-order valence-corrected chi connectivity index (χ4v) is 3.43. The van der Waals surface area contributed by atoms with E-state index in [0.717, 1.165) is 23.7 Å². The van der Waals surface area contributed by atoms with Crippen LogP contribution >= 0.6 is 0 Å². The summed E-state index contributed by atoms with van der Waals surface area (Å²) in [6.07, 6.45) is 1.50. The topological polar surface area (TPSA) is 54.6 Å². The molecule has 1 amide bonds. The van der Waals surface area contributed by atoms with Crippen LogP contribution in [-0.2, 0) is 9.47 Å². The molecular weight excluding hydrogens is 280 g/mol. The van der Waals surface area contributed by atoms with Gasteiger partial charge in [-0.05, 0) is 24.6 Å². The normalized spacial score (nSPS) is 20.9. The molecule has 2 aromatic rings. The van der Waals surface area contributed by atoms with Gasteiger partial charge in [0.25, 0.3) is 5.91 Å². The van der Waals surface area contributed by atoms with Gasteiger partial charge >= 0.3 is 0 Å². The Morgan fingerprint density at radius 3 is 2.64 bits per heavy atom. The highest BCUT2D eigenvalue weighted by Crippen LogP contribution is 2.32. The van der Waals surface area contributed by atoms with Gasteiger partial charge in [0.05, 0.1) is 13.2 Å². The Kier molecular flexibility index (Phi) is 3.20. The van der Waals surface area contributed by atoms with Crippen LogP contribution in [0.2, 0.25) is 0 Å². The number of nitrogens with zero attached hydrogens (tertiary/aromatic N) is 1. The minimum Gasteiger partial charge on any atom is -0.351 e. The molecule has 5 heteroatoms. The van der Waals surface area contributed by atoms with Crippen molar-refractivity contribution in [2.75, 3.05) is 26.3 Å². The van der Waals surface area contributed by atoms with Crippen LogP contribution in [0.15, 0.2) is 24.3 Å². The van der Waals surface area contributed by atoms with Gasteiger partial charge < -0.3 is 19.4 Å². The van der Waals surface area contributed by atoms with E-state index in [2.05, 4.69) is 18.0 Å². The number of carbonyl (C=O) groups is 1. The fourth-order valence-electron chi connectivity index (χ4n) is 3.43. The van der Waals surface area contributed by atoms with Crippen LogP contribution in [0.3, 0.4) is 0 Å². The Balaban J connectivity index is 1.53. The van der Waals surface area contributed by atoms with E-state index in [9.17, 15) is 4.79 Å². The van der Waals surface area contributed by atoms with E-state index in [1.807, 2.05) is 23.1 Å². The minimum atomic E-state index is -0.437. The van der Waals surface area contributed by atoms with Crippen LogP contribution in [0.4, 0.5) is 0 Å². The third-order valence-corrected chi connectivity index (χ3v) is 4.74. The Bertz CT molecular complexity index is 706. The number of hydrogen-bond acceptors (Lipinski definition) is 3. The van der Waals surface area contributed by atoms with Gasteiger partial charge in [0.2, 0.25) is 0 Å². The second kappa shape index (κ2) is 5.11. The maximum Gasteiger partial charge on any atom is 0.270 e. The van der Waals surface area contributed by atoms with Crippen molar-refractivity contribution in [3.05, 3.63) is 35.5 Å². The van der Waals surface area contributed by atoms with Crippen molar-refractivity contribution in [1.82, 2.24) is 9.88 Å². The Hall–Kier alpha value is -1.85. The maximum atomic E-state index is 12.7. The summed E-state index contributed by atoms with van der Waals surface area (Å²) in [6.45, 7) is 4.73. The summed E-state index contributed by atoms with van der Waals surface area (Å²) >= 11 is 0. The molecule has 1 aromatic carbocycles. The molecule has 116 valence electrons. The van der Waals surface area contributed by atoms with Gasteiger partial charge in [-0.15, -0.1) is 0 Å². The SMILES string of the molecule is Cc1cccc2[nH]c(C(=O)N3CCC4(CC3)OCCO4)cc12. The number of fused-ring (bicyclic) bond motifs is 1. The number of benzene rings is 1. The summed E-state index contributed by atoms with van der Waals surface area (Å²) in [5, 5.41) is 1.11. The van der Waals surface area contributed by atoms with Crippen LogP contribution in [-0.4, -0.2) is 47.9 Å². The van der Waals surface area contributed by atoms with E-state index in [0.29, 0.717) is 32.0 Å². The average Bonchev–Trinajstić information content (AvgIpc) is 3.15. The number of aromatic amines is 1. The molecule has 22 heavy (non-hydrogen) atoms. The van der Waals surface area contributed by atoms with Gasteiger partial charge in [-0.3, -0.25) is 4.79 Å². The van der Waals surface area contributed by atoms with E-state index in [1.54, 1.807) is 0 Å². The summed E-state index contributed by atoms with van der Waals surface area (Å²) in [6, 6.07) is 8.02. The zero-order chi connectivity index (χ0) is 15.2. The highest BCUT2D eigenvalue weighted by Gasteiger charge is 2.41. The quantitative estimate of drug-likeness (QED) is 0.880. The predicted molar refractivity (Wildman–Crippen MR) is 82.8 cm³/mol. The summed E-state index contributed by atoms with van der Waals surface area (Å²) < 4.78 is 11.4. The minimum absolute atomic E-state index is 0.0587. The lowest BCUT2D eigenvalue weighted by Gasteiger charge is -2.37. The first-order chi connectivity index (χ1) is 10.7. The van der Waals surface area contributed by atoms with Gasteiger partial charge in [0.15, 0.2) is 5.79 Å². The molecule has 4 rings (SSSR count). The Morgan fingerprint density at radius 2 is 1.95 bits per heavy atom. The van der Waals surface area contributed by atoms with Crippen molar-refractivity contribution in [3.8, 4) is 0 Å². The molecule has 0 atom stereocenters. The molecule has 2 fully saturated rings. The number of amides is 1. The maximum absolute atomic E-state index is 12.7. The smallest absolute Gasteiger partial charge is 0.270 e. The van der Waals surface area contributed by atoms with E-state index in [1.165, 1.54) is 5.56 Å². The Morgan fingerprint density at radius 1 is 1.23 bits per heavy atom. The first kappa shape index (κ1) is 13.8. The third kappa shape index (κ3) is 2.21. The van der Waals surface area contributed by atoms with Crippen LogP contribution in [0.1, 0.15) is 28.9 Å². The molecule has 0 unspecified atom stereocenters. The number of hydrogen-bond donors (Lipinski definition) is 1. The number of aryl methyl sites for hydroxylation is 1. The molecule has 1 N–H and O–H groups in total. The lowest BCUT2D eigenvalue weighted by molar-refractivity contribution is -0.181. The first-order valence-electron chi connectivity index (χ1n) is 7.82. The van der Waals surface area contributed by atoms with Gasteiger partial charge in [-0.1, -0.05) is 12.1 Å². The zero-order valence-corrected chi connectivity index (χ0v) is 12.7. The lowest BCUT2D eigenvalue weighted by Crippen LogP contribution is -2.47. The second-order valence-corrected chi connectivity index (χ2v) is 6.12. The molecule has 2 aliphatic heterocycles. The number of nitrogens with one attached hydrogen (secondary N) is 1. The number of H-pyrrole nitrogens is 1. The van der Waals surface area contributed by atoms with Crippen molar-refractivity contribution in [1.29, 1.82) is 0 Å². The fraction of sp³-hybridized carbons (Fsp3) is 0.471. The molecule has 3 heterocycles. The highest BCUT2D eigenvalue weighted by atomic mass is 16.7. The Labute approximate surface area is 129 Å². The molecule has 1 aromatic heterocycles. The number of aromatic nitrogens is 1. The van der Waals surface area contributed by atoms with Crippen molar-refractivity contribution in [3.63, 3.8) is 0 Å². The average molecular weight is 300 g/mol. The monoisotopic (exact) mass is 300 g/mol. The third-order valence-electron chi connectivity index (χ3n) is 4.74. The van der Waals surface area contributed by atoms with Crippen molar-refractivity contribution < 1.29 is 14.3 Å². The first-order valence-corrected chi connectivity index (χ1v) is 7.82. The summed E-state index contributed by atoms with van der Waals surface area (Å²) in [4.78, 5) is 17.8.